The van der Waals surface area contributed by atoms with E-state index in [4.69, 9.17) is 0 Å². The average Bonchev–Trinajstić information content (AvgIpc) is 2.89. The van der Waals surface area contributed by atoms with E-state index in [2.05, 4.69) is 30.6 Å². The highest BCUT2D eigenvalue weighted by atomic mass is 32.2. The van der Waals surface area contributed by atoms with Crippen molar-refractivity contribution in [2.24, 2.45) is 5.92 Å². The molecular formula is C13H21NO2S2. The zero-order chi connectivity index (χ0) is 13.2. The van der Waals surface area contributed by atoms with E-state index in [0.29, 0.717) is 18.2 Å². The Kier molecular flexibility index (Phi) is 4.45. The summed E-state index contributed by atoms with van der Waals surface area (Å²) >= 11 is 1.73. The number of hydrogen-bond donors (Lipinski definition) is 1. The number of nitrogens with one attached hydrogen (secondary N) is 1. The van der Waals surface area contributed by atoms with Crippen molar-refractivity contribution >= 4 is 21.2 Å². The molecule has 1 N–H and O–H groups in total. The highest BCUT2D eigenvalue weighted by molar-refractivity contribution is 7.92. The van der Waals surface area contributed by atoms with Crippen LogP contribution in [0, 0.1) is 5.92 Å². The van der Waals surface area contributed by atoms with E-state index in [9.17, 15) is 8.42 Å². The Balaban J connectivity index is 1.99. The van der Waals surface area contributed by atoms with Gasteiger partial charge >= 0.3 is 0 Å². The Labute approximate surface area is 114 Å². The first kappa shape index (κ1) is 14.0. The van der Waals surface area contributed by atoms with Crippen molar-refractivity contribution in [1.82, 2.24) is 5.32 Å². The fraction of sp³-hybridized carbons (Fsp3) is 0.692. The maximum absolute atomic E-state index is 11.8. The van der Waals surface area contributed by atoms with Gasteiger partial charge in [-0.1, -0.05) is 19.9 Å². The molecule has 0 aliphatic carbocycles. The molecule has 3 nitrogen and oxygen atoms in total. The summed E-state index contributed by atoms with van der Waals surface area (Å²) in [6, 6.07) is 4.43. The van der Waals surface area contributed by atoms with Crippen LogP contribution in [0.5, 0.6) is 0 Å². The lowest BCUT2D eigenvalue weighted by molar-refractivity contribution is 0.414. The number of thiophene rings is 1. The van der Waals surface area contributed by atoms with Crippen LogP contribution in [0.15, 0.2) is 17.5 Å². The van der Waals surface area contributed by atoms with Gasteiger partial charge in [-0.2, -0.15) is 0 Å². The number of sulfone groups is 1. The van der Waals surface area contributed by atoms with Gasteiger partial charge in [0.15, 0.2) is 9.84 Å². The normalized spacial score (nSPS) is 24.5. The monoisotopic (exact) mass is 287 g/mol. The predicted molar refractivity (Wildman–Crippen MR) is 76.7 cm³/mol. The molecule has 2 rings (SSSR count). The van der Waals surface area contributed by atoms with E-state index >= 15 is 0 Å². The van der Waals surface area contributed by atoms with Crippen LogP contribution >= 0.6 is 11.3 Å². The minimum absolute atomic E-state index is 0.182. The topological polar surface area (TPSA) is 46.2 Å². The highest BCUT2D eigenvalue weighted by Crippen LogP contribution is 2.27. The summed E-state index contributed by atoms with van der Waals surface area (Å²) < 4.78 is 23.6. The Morgan fingerprint density at radius 1 is 1.50 bits per heavy atom. The molecule has 5 heteroatoms. The standard InChI is InChI=1S/C13H21NO2S2/c1-10(2)13(12-6-3-7-17-12)14-9-11-5-4-8-18(11,15)16/h3,6-7,10-11,13-14H,4-5,8-9H2,1-2H3. The maximum atomic E-state index is 11.8. The predicted octanol–water partition coefficient (Wildman–Crippen LogP) is 2.61. The van der Waals surface area contributed by atoms with Crippen molar-refractivity contribution in [3.05, 3.63) is 22.4 Å². The SMILES string of the molecule is CC(C)C(NCC1CCCS1(=O)=O)c1cccs1. The molecule has 2 atom stereocenters. The molecule has 2 heterocycles. The summed E-state index contributed by atoms with van der Waals surface area (Å²) in [5.74, 6) is 0.831. The van der Waals surface area contributed by atoms with Crippen LogP contribution in [0.4, 0.5) is 0 Å². The van der Waals surface area contributed by atoms with Gasteiger partial charge in [0.25, 0.3) is 0 Å². The van der Waals surface area contributed by atoms with Crippen molar-refractivity contribution in [3.63, 3.8) is 0 Å². The third-order valence-corrected chi connectivity index (χ3v) is 6.78. The molecule has 1 aromatic heterocycles. The number of hydrogen-bond acceptors (Lipinski definition) is 4. The van der Waals surface area contributed by atoms with Crippen molar-refractivity contribution < 1.29 is 8.42 Å². The summed E-state index contributed by atoms with van der Waals surface area (Å²) in [5, 5.41) is 5.34. The second-order valence-corrected chi connectivity index (χ2v) is 8.66. The first-order valence-corrected chi connectivity index (χ1v) is 9.08. The first-order valence-electron chi connectivity index (χ1n) is 6.49. The van der Waals surface area contributed by atoms with E-state index < -0.39 is 9.84 Å². The van der Waals surface area contributed by atoms with Crippen LogP contribution in [0.3, 0.4) is 0 Å². The van der Waals surface area contributed by atoms with Crippen LogP contribution in [0.25, 0.3) is 0 Å². The van der Waals surface area contributed by atoms with Gasteiger partial charge in [-0.05, 0) is 30.2 Å². The summed E-state index contributed by atoms with van der Waals surface area (Å²) in [5.41, 5.74) is 0. The Bertz CT molecular complexity index is 465. The Hall–Kier alpha value is -0.390. The molecule has 0 aromatic carbocycles. The number of rotatable bonds is 5. The van der Waals surface area contributed by atoms with E-state index in [1.54, 1.807) is 11.3 Å². The van der Waals surface area contributed by atoms with Gasteiger partial charge in [0, 0.05) is 17.5 Å². The van der Waals surface area contributed by atoms with Crippen LogP contribution in [0.1, 0.15) is 37.6 Å². The molecule has 18 heavy (non-hydrogen) atoms. The second kappa shape index (κ2) is 5.72. The molecule has 2 unspecified atom stereocenters. The van der Waals surface area contributed by atoms with Gasteiger partial charge in [-0.25, -0.2) is 8.42 Å². The zero-order valence-electron chi connectivity index (χ0n) is 10.9. The molecule has 1 fully saturated rings. The molecule has 102 valence electrons. The first-order chi connectivity index (χ1) is 8.50. The molecule has 0 radical (unpaired) electrons. The third kappa shape index (κ3) is 3.13. The molecule has 0 bridgehead atoms. The van der Waals surface area contributed by atoms with Gasteiger partial charge in [-0.3, -0.25) is 0 Å². The Morgan fingerprint density at radius 3 is 2.78 bits per heavy atom. The second-order valence-electron chi connectivity index (χ2n) is 5.28. The van der Waals surface area contributed by atoms with Crippen LogP contribution in [-0.4, -0.2) is 26.0 Å². The van der Waals surface area contributed by atoms with Crippen LogP contribution < -0.4 is 5.32 Å². The summed E-state index contributed by atoms with van der Waals surface area (Å²) in [7, 11) is -2.84. The smallest absolute Gasteiger partial charge is 0.154 e. The Morgan fingerprint density at radius 2 is 2.28 bits per heavy atom. The molecule has 1 aliphatic heterocycles. The van der Waals surface area contributed by atoms with Crippen molar-refractivity contribution in [2.45, 2.75) is 38.0 Å². The van der Waals surface area contributed by atoms with E-state index in [1.807, 2.05) is 6.07 Å². The van der Waals surface area contributed by atoms with Crippen molar-refractivity contribution in [2.75, 3.05) is 12.3 Å². The zero-order valence-corrected chi connectivity index (χ0v) is 12.6. The lowest BCUT2D eigenvalue weighted by atomic mass is 10.0. The minimum atomic E-state index is -2.84. The third-order valence-electron chi connectivity index (χ3n) is 3.54. The quantitative estimate of drug-likeness (QED) is 0.905. The van der Waals surface area contributed by atoms with Crippen molar-refractivity contribution in [3.8, 4) is 0 Å². The van der Waals surface area contributed by atoms with Gasteiger partial charge in [0.05, 0.1) is 11.0 Å². The summed E-state index contributed by atoms with van der Waals surface area (Å²) in [4.78, 5) is 1.29. The largest absolute Gasteiger partial charge is 0.308 e. The van der Waals surface area contributed by atoms with E-state index in [0.717, 1.165) is 12.8 Å². The van der Waals surface area contributed by atoms with Crippen LogP contribution in [0.2, 0.25) is 0 Å². The lowest BCUT2D eigenvalue weighted by Gasteiger charge is -2.23. The van der Waals surface area contributed by atoms with Gasteiger partial charge < -0.3 is 5.32 Å². The van der Waals surface area contributed by atoms with E-state index in [1.165, 1.54) is 4.88 Å². The van der Waals surface area contributed by atoms with E-state index in [-0.39, 0.29) is 11.3 Å². The average molecular weight is 287 g/mol. The fourth-order valence-electron chi connectivity index (χ4n) is 2.48. The molecule has 0 saturated carbocycles. The highest BCUT2D eigenvalue weighted by Gasteiger charge is 2.31. The lowest BCUT2D eigenvalue weighted by Crippen LogP contribution is -2.34. The summed E-state index contributed by atoms with van der Waals surface area (Å²) in [6.45, 7) is 4.92. The van der Waals surface area contributed by atoms with Crippen molar-refractivity contribution in [1.29, 1.82) is 0 Å². The fourth-order valence-corrected chi connectivity index (χ4v) is 5.23. The molecule has 1 aromatic rings. The molecule has 0 spiro atoms. The molecular weight excluding hydrogens is 266 g/mol. The minimum Gasteiger partial charge on any atom is -0.308 e. The maximum Gasteiger partial charge on any atom is 0.154 e. The summed E-state index contributed by atoms with van der Waals surface area (Å²) in [6.07, 6.45) is 1.63. The van der Waals surface area contributed by atoms with Gasteiger partial charge in [0.2, 0.25) is 0 Å². The van der Waals surface area contributed by atoms with Gasteiger partial charge in [-0.15, -0.1) is 11.3 Å². The van der Waals surface area contributed by atoms with Gasteiger partial charge in [0.1, 0.15) is 0 Å². The molecule has 0 amide bonds. The molecule has 1 aliphatic rings. The molecule has 1 saturated heterocycles. The van der Waals surface area contributed by atoms with Crippen LogP contribution in [-0.2, 0) is 9.84 Å².